The summed E-state index contributed by atoms with van der Waals surface area (Å²) in [4.78, 5) is 2.53. The zero-order chi connectivity index (χ0) is 13.0. The van der Waals surface area contributed by atoms with Gasteiger partial charge in [0.1, 0.15) is 0 Å². The fourth-order valence-electron chi connectivity index (χ4n) is 3.01. The molecule has 1 N–H and O–H groups in total. The fourth-order valence-corrected chi connectivity index (χ4v) is 3.01. The Morgan fingerprint density at radius 1 is 1.28 bits per heavy atom. The summed E-state index contributed by atoms with van der Waals surface area (Å²) in [7, 11) is 4.36. The van der Waals surface area contributed by atoms with Crippen LogP contribution in [0.5, 0.6) is 0 Å². The number of aryl methyl sites for hydroxylation is 1. The molecular formula is C16H26N2. The second-order valence-electron chi connectivity index (χ2n) is 5.65. The van der Waals surface area contributed by atoms with E-state index in [1.165, 1.54) is 36.8 Å². The van der Waals surface area contributed by atoms with Crippen LogP contribution in [0.25, 0.3) is 0 Å². The number of nitrogens with one attached hydrogen (secondary N) is 1. The molecule has 1 aliphatic rings. The van der Waals surface area contributed by atoms with Crippen LogP contribution in [0, 0.1) is 6.92 Å². The predicted molar refractivity (Wildman–Crippen MR) is 77.7 cm³/mol. The number of benzene rings is 1. The SMILES string of the molecule is CNC1CCCC(N(C)Cc2ccccc2C)C1. The van der Waals surface area contributed by atoms with Crippen LogP contribution in [0.1, 0.15) is 36.8 Å². The molecule has 1 aromatic rings. The highest BCUT2D eigenvalue weighted by molar-refractivity contribution is 5.25. The number of nitrogens with zero attached hydrogens (tertiary/aromatic N) is 1. The van der Waals surface area contributed by atoms with Crippen molar-refractivity contribution in [2.75, 3.05) is 14.1 Å². The van der Waals surface area contributed by atoms with E-state index in [-0.39, 0.29) is 0 Å². The summed E-state index contributed by atoms with van der Waals surface area (Å²) < 4.78 is 0. The average molecular weight is 246 g/mol. The first-order chi connectivity index (χ1) is 8.70. The minimum atomic E-state index is 0.711. The van der Waals surface area contributed by atoms with Crippen molar-refractivity contribution < 1.29 is 0 Å². The Balaban J connectivity index is 1.95. The van der Waals surface area contributed by atoms with Gasteiger partial charge in [0, 0.05) is 18.6 Å². The molecule has 2 heteroatoms. The Hall–Kier alpha value is -0.860. The molecule has 0 amide bonds. The van der Waals surface area contributed by atoms with Gasteiger partial charge in [-0.25, -0.2) is 0 Å². The summed E-state index contributed by atoms with van der Waals surface area (Å²) in [6.07, 6.45) is 5.33. The Kier molecular flexibility index (Phi) is 4.79. The Morgan fingerprint density at radius 3 is 2.78 bits per heavy atom. The van der Waals surface area contributed by atoms with Gasteiger partial charge in [0.05, 0.1) is 0 Å². The number of hydrogen-bond donors (Lipinski definition) is 1. The van der Waals surface area contributed by atoms with Crippen LogP contribution >= 0.6 is 0 Å². The maximum absolute atomic E-state index is 3.44. The van der Waals surface area contributed by atoms with Crippen LogP contribution in [0.3, 0.4) is 0 Å². The zero-order valence-corrected chi connectivity index (χ0v) is 11.9. The van der Waals surface area contributed by atoms with E-state index >= 15 is 0 Å². The van der Waals surface area contributed by atoms with Crippen LogP contribution in [0.15, 0.2) is 24.3 Å². The largest absolute Gasteiger partial charge is 0.317 e. The lowest BCUT2D eigenvalue weighted by Crippen LogP contribution is -2.41. The van der Waals surface area contributed by atoms with Crippen molar-refractivity contribution >= 4 is 0 Å². The summed E-state index contributed by atoms with van der Waals surface area (Å²) in [5.41, 5.74) is 2.87. The lowest BCUT2D eigenvalue weighted by atomic mass is 9.90. The highest BCUT2D eigenvalue weighted by atomic mass is 15.1. The quantitative estimate of drug-likeness (QED) is 0.878. The van der Waals surface area contributed by atoms with Crippen LogP contribution < -0.4 is 5.32 Å². The van der Waals surface area contributed by atoms with Crippen molar-refractivity contribution in [2.45, 2.75) is 51.2 Å². The molecule has 2 nitrogen and oxygen atoms in total. The normalized spacial score (nSPS) is 24.4. The summed E-state index contributed by atoms with van der Waals surface area (Å²) in [5.74, 6) is 0. The molecule has 1 fully saturated rings. The molecule has 1 aromatic carbocycles. The van der Waals surface area contributed by atoms with Gasteiger partial charge in [-0.1, -0.05) is 30.7 Å². The second-order valence-corrected chi connectivity index (χ2v) is 5.65. The molecule has 18 heavy (non-hydrogen) atoms. The smallest absolute Gasteiger partial charge is 0.0236 e. The minimum Gasteiger partial charge on any atom is -0.317 e. The van der Waals surface area contributed by atoms with Crippen molar-refractivity contribution in [1.29, 1.82) is 0 Å². The van der Waals surface area contributed by atoms with E-state index in [4.69, 9.17) is 0 Å². The van der Waals surface area contributed by atoms with Gasteiger partial charge in [0.25, 0.3) is 0 Å². The van der Waals surface area contributed by atoms with Gasteiger partial charge in [-0.2, -0.15) is 0 Å². The van der Waals surface area contributed by atoms with Crippen molar-refractivity contribution in [3.8, 4) is 0 Å². The Bertz CT molecular complexity index is 375. The minimum absolute atomic E-state index is 0.711. The molecule has 1 aliphatic carbocycles. The Morgan fingerprint density at radius 2 is 2.06 bits per heavy atom. The molecule has 100 valence electrons. The first-order valence-corrected chi connectivity index (χ1v) is 7.12. The van der Waals surface area contributed by atoms with E-state index < -0.39 is 0 Å². The van der Waals surface area contributed by atoms with Gasteiger partial charge in [-0.15, -0.1) is 0 Å². The van der Waals surface area contributed by atoms with Gasteiger partial charge in [-0.3, -0.25) is 4.90 Å². The van der Waals surface area contributed by atoms with Crippen LogP contribution in [-0.4, -0.2) is 31.1 Å². The maximum atomic E-state index is 3.44. The third kappa shape index (κ3) is 3.33. The Labute approximate surface area is 111 Å². The standard InChI is InChI=1S/C16H26N2/c1-13-7-4-5-8-14(13)12-18(3)16-10-6-9-15(11-16)17-2/h4-5,7-8,15-17H,6,9-12H2,1-3H3. The lowest BCUT2D eigenvalue weighted by Gasteiger charge is -2.35. The third-order valence-electron chi connectivity index (χ3n) is 4.36. The van der Waals surface area contributed by atoms with E-state index in [0.29, 0.717) is 6.04 Å². The predicted octanol–water partition coefficient (Wildman–Crippen LogP) is 2.96. The highest BCUT2D eigenvalue weighted by Crippen LogP contribution is 2.23. The van der Waals surface area contributed by atoms with E-state index in [9.17, 15) is 0 Å². The summed E-state index contributed by atoms with van der Waals surface area (Å²) >= 11 is 0. The van der Waals surface area contributed by atoms with Gasteiger partial charge < -0.3 is 5.32 Å². The van der Waals surface area contributed by atoms with E-state index in [0.717, 1.165) is 12.6 Å². The number of hydrogen-bond acceptors (Lipinski definition) is 2. The average Bonchev–Trinajstić information content (AvgIpc) is 2.41. The van der Waals surface area contributed by atoms with Crippen LogP contribution in [0.4, 0.5) is 0 Å². The van der Waals surface area contributed by atoms with Crippen molar-refractivity contribution in [3.63, 3.8) is 0 Å². The van der Waals surface area contributed by atoms with E-state index in [2.05, 4.69) is 55.5 Å². The molecule has 2 atom stereocenters. The van der Waals surface area contributed by atoms with Crippen LogP contribution in [0.2, 0.25) is 0 Å². The molecule has 0 saturated heterocycles. The molecule has 1 saturated carbocycles. The van der Waals surface area contributed by atoms with Gasteiger partial charge >= 0.3 is 0 Å². The maximum Gasteiger partial charge on any atom is 0.0236 e. The third-order valence-corrected chi connectivity index (χ3v) is 4.36. The summed E-state index contributed by atoms with van der Waals surface area (Å²) in [6.45, 7) is 3.29. The zero-order valence-electron chi connectivity index (χ0n) is 11.9. The van der Waals surface area contributed by atoms with Gasteiger partial charge in [0.15, 0.2) is 0 Å². The molecule has 0 radical (unpaired) electrons. The molecular weight excluding hydrogens is 220 g/mol. The molecule has 2 rings (SSSR count). The summed E-state index contributed by atoms with van der Waals surface area (Å²) in [6, 6.07) is 10.2. The molecule has 0 bridgehead atoms. The van der Waals surface area contributed by atoms with Gasteiger partial charge in [0.2, 0.25) is 0 Å². The summed E-state index contributed by atoms with van der Waals surface area (Å²) in [5, 5.41) is 3.44. The first-order valence-electron chi connectivity index (χ1n) is 7.12. The molecule has 0 spiro atoms. The van der Waals surface area contributed by atoms with Gasteiger partial charge in [-0.05, 0) is 51.4 Å². The number of rotatable bonds is 4. The molecule has 0 heterocycles. The molecule has 0 aromatic heterocycles. The van der Waals surface area contributed by atoms with Crippen molar-refractivity contribution in [2.24, 2.45) is 0 Å². The van der Waals surface area contributed by atoms with Crippen molar-refractivity contribution in [1.82, 2.24) is 10.2 Å². The van der Waals surface area contributed by atoms with Crippen molar-refractivity contribution in [3.05, 3.63) is 35.4 Å². The monoisotopic (exact) mass is 246 g/mol. The second kappa shape index (κ2) is 6.35. The molecule has 0 aliphatic heterocycles. The van der Waals surface area contributed by atoms with E-state index in [1.54, 1.807) is 0 Å². The molecule has 2 unspecified atom stereocenters. The first kappa shape index (κ1) is 13.6. The topological polar surface area (TPSA) is 15.3 Å². The lowest BCUT2D eigenvalue weighted by molar-refractivity contribution is 0.165. The van der Waals surface area contributed by atoms with Crippen LogP contribution in [-0.2, 0) is 6.54 Å². The highest BCUT2D eigenvalue weighted by Gasteiger charge is 2.23. The fraction of sp³-hybridized carbons (Fsp3) is 0.625. The van der Waals surface area contributed by atoms with E-state index in [1.807, 2.05) is 0 Å².